The van der Waals surface area contributed by atoms with E-state index in [1.165, 1.54) is 12.1 Å². The van der Waals surface area contributed by atoms with Crippen LogP contribution in [0.5, 0.6) is 11.5 Å². The Morgan fingerprint density at radius 1 is 1.09 bits per heavy atom. The summed E-state index contributed by atoms with van der Waals surface area (Å²) in [5.41, 5.74) is 4.67. The lowest BCUT2D eigenvalue weighted by molar-refractivity contribution is 0.0955. The zero-order valence-electron chi connectivity index (χ0n) is 12.5. The van der Waals surface area contributed by atoms with E-state index in [1.54, 1.807) is 19.2 Å². The van der Waals surface area contributed by atoms with Crippen LogP contribution in [0.4, 0.5) is 0 Å². The van der Waals surface area contributed by atoms with Gasteiger partial charge in [0.2, 0.25) is 0 Å². The highest BCUT2D eigenvalue weighted by molar-refractivity contribution is 6.02. The lowest BCUT2D eigenvalue weighted by Crippen LogP contribution is -2.19. The van der Waals surface area contributed by atoms with Gasteiger partial charge in [-0.1, -0.05) is 6.92 Å². The minimum Gasteiger partial charge on any atom is -0.508 e. The van der Waals surface area contributed by atoms with Gasteiger partial charge in [0.1, 0.15) is 11.5 Å². The van der Waals surface area contributed by atoms with E-state index in [9.17, 15) is 9.90 Å². The van der Waals surface area contributed by atoms with E-state index in [4.69, 9.17) is 4.74 Å². The Bertz CT molecular complexity index is 661. The average molecular weight is 298 g/mol. The Hall–Kier alpha value is -2.82. The number of ether oxygens (including phenoxy) is 1. The molecule has 0 atom stereocenters. The number of phenolic OH excluding ortho intramolecular Hbond substituents is 1. The van der Waals surface area contributed by atoms with Crippen molar-refractivity contribution in [3.05, 3.63) is 59.7 Å². The van der Waals surface area contributed by atoms with Crippen LogP contribution >= 0.6 is 0 Å². The molecule has 0 aliphatic heterocycles. The van der Waals surface area contributed by atoms with Crippen LogP contribution in [0, 0.1) is 0 Å². The second-order valence-electron chi connectivity index (χ2n) is 4.63. The van der Waals surface area contributed by atoms with Gasteiger partial charge in [-0.05, 0) is 60.5 Å². The summed E-state index contributed by atoms with van der Waals surface area (Å²) in [6.07, 6.45) is 0.683. The molecule has 0 fully saturated rings. The standard InChI is InChI=1S/C17H18N2O3/c1-3-16(12-6-10-15(22-2)11-7-12)18-19-17(21)13-4-8-14(20)9-5-13/h4-11,20H,3H2,1-2H3,(H,19,21). The van der Waals surface area contributed by atoms with E-state index < -0.39 is 0 Å². The first-order valence-electron chi connectivity index (χ1n) is 6.94. The van der Waals surface area contributed by atoms with Gasteiger partial charge in [0, 0.05) is 5.56 Å². The molecule has 0 radical (unpaired) electrons. The SMILES string of the molecule is CCC(=NNC(=O)c1ccc(O)cc1)c1ccc(OC)cc1. The molecule has 0 aliphatic carbocycles. The Morgan fingerprint density at radius 2 is 1.68 bits per heavy atom. The first kappa shape index (κ1) is 15.6. The molecule has 0 spiro atoms. The highest BCUT2D eigenvalue weighted by Gasteiger charge is 2.06. The molecule has 0 heterocycles. The highest BCUT2D eigenvalue weighted by atomic mass is 16.5. The number of rotatable bonds is 5. The van der Waals surface area contributed by atoms with Crippen molar-refractivity contribution in [2.75, 3.05) is 7.11 Å². The van der Waals surface area contributed by atoms with Crippen LogP contribution in [-0.4, -0.2) is 23.8 Å². The van der Waals surface area contributed by atoms with Crippen LogP contribution in [0.15, 0.2) is 53.6 Å². The maximum Gasteiger partial charge on any atom is 0.271 e. The molecule has 2 N–H and O–H groups in total. The number of nitrogens with one attached hydrogen (secondary N) is 1. The first-order valence-corrected chi connectivity index (χ1v) is 6.94. The predicted molar refractivity (Wildman–Crippen MR) is 85.4 cm³/mol. The number of carbonyl (C=O) groups is 1. The number of amides is 1. The molecule has 1 amide bonds. The third-order valence-corrected chi connectivity index (χ3v) is 3.18. The Labute approximate surface area is 129 Å². The highest BCUT2D eigenvalue weighted by Crippen LogP contribution is 2.13. The monoisotopic (exact) mass is 298 g/mol. The van der Waals surface area contributed by atoms with Gasteiger partial charge in [0.25, 0.3) is 5.91 Å². The zero-order chi connectivity index (χ0) is 15.9. The summed E-state index contributed by atoms with van der Waals surface area (Å²) in [4.78, 5) is 12.0. The summed E-state index contributed by atoms with van der Waals surface area (Å²) in [6, 6.07) is 13.5. The number of phenols is 1. The minimum atomic E-state index is -0.320. The number of nitrogens with zero attached hydrogens (tertiary/aromatic N) is 1. The van der Waals surface area contributed by atoms with E-state index in [2.05, 4.69) is 10.5 Å². The smallest absolute Gasteiger partial charge is 0.271 e. The fourth-order valence-corrected chi connectivity index (χ4v) is 1.93. The van der Waals surface area contributed by atoms with Crippen LogP contribution in [0.1, 0.15) is 29.3 Å². The molecule has 2 rings (SSSR count). The van der Waals surface area contributed by atoms with Crippen molar-refractivity contribution in [1.82, 2.24) is 5.43 Å². The van der Waals surface area contributed by atoms with E-state index in [0.717, 1.165) is 17.0 Å². The second-order valence-corrected chi connectivity index (χ2v) is 4.63. The van der Waals surface area contributed by atoms with Crippen molar-refractivity contribution in [2.45, 2.75) is 13.3 Å². The van der Waals surface area contributed by atoms with E-state index in [-0.39, 0.29) is 11.7 Å². The molecule has 2 aromatic rings. The molecular formula is C17H18N2O3. The second kappa shape index (κ2) is 7.26. The van der Waals surface area contributed by atoms with Crippen molar-refractivity contribution in [2.24, 2.45) is 5.10 Å². The molecule has 0 unspecified atom stereocenters. The summed E-state index contributed by atoms with van der Waals surface area (Å²) in [7, 11) is 1.61. The van der Waals surface area contributed by atoms with Crippen LogP contribution in [-0.2, 0) is 0 Å². The topological polar surface area (TPSA) is 70.9 Å². The number of aromatic hydroxyl groups is 1. The van der Waals surface area contributed by atoms with Crippen LogP contribution in [0.25, 0.3) is 0 Å². The normalized spacial score (nSPS) is 11.1. The fraction of sp³-hybridized carbons (Fsp3) is 0.176. The summed E-state index contributed by atoms with van der Waals surface area (Å²) in [5, 5.41) is 13.4. The number of hydrogen-bond acceptors (Lipinski definition) is 4. The molecule has 0 aliphatic rings. The summed E-state index contributed by atoms with van der Waals surface area (Å²) < 4.78 is 5.12. The predicted octanol–water partition coefficient (Wildman–Crippen LogP) is 2.94. The third-order valence-electron chi connectivity index (χ3n) is 3.18. The summed E-state index contributed by atoms with van der Waals surface area (Å²) in [5.74, 6) is 0.569. The Kier molecular flexibility index (Phi) is 5.14. The van der Waals surface area contributed by atoms with Gasteiger partial charge < -0.3 is 9.84 Å². The van der Waals surface area contributed by atoms with E-state index >= 15 is 0 Å². The van der Waals surface area contributed by atoms with Crippen LogP contribution in [0.3, 0.4) is 0 Å². The van der Waals surface area contributed by atoms with Gasteiger partial charge in [0.05, 0.1) is 12.8 Å². The van der Waals surface area contributed by atoms with Gasteiger partial charge in [-0.3, -0.25) is 4.79 Å². The molecule has 0 aromatic heterocycles. The van der Waals surface area contributed by atoms with Crippen molar-refractivity contribution in [3.8, 4) is 11.5 Å². The maximum atomic E-state index is 12.0. The van der Waals surface area contributed by atoms with E-state index in [1.807, 2.05) is 31.2 Å². The fourth-order valence-electron chi connectivity index (χ4n) is 1.93. The quantitative estimate of drug-likeness (QED) is 0.658. The number of methoxy groups -OCH3 is 1. The van der Waals surface area contributed by atoms with Gasteiger partial charge in [0.15, 0.2) is 0 Å². The molecule has 0 bridgehead atoms. The summed E-state index contributed by atoms with van der Waals surface area (Å²) >= 11 is 0. The van der Waals surface area contributed by atoms with Crippen molar-refractivity contribution in [1.29, 1.82) is 0 Å². The molecular weight excluding hydrogens is 280 g/mol. The third kappa shape index (κ3) is 3.85. The van der Waals surface area contributed by atoms with Gasteiger partial charge in [-0.15, -0.1) is 0 Å². The van der Waals surface area contributed by atoms with Crippen molar-refractivity contribution >= 4 is 11.6 Å². The summed E-state index contributed by atoms with van der Waals surface area (Å²) in [6.45, 7) is 1.97. The van der Waals surface area contributed by atoms with Crippen molar-refractivity contribution < 1.29 is 14.6 Å². The molecule has 22 heavy (non-hydrogen) atoms. The Morgan fingerprint density at radius 3 is 2.23 bits per heavy atom. The molecule has 2 aromatic carbocycles. The number of hydrazone groups is 1. The van der Waals surface area contributed by atoms with Crippen LogP contribution < -0.4 is 10.2 Å². The van der Waals surface area contributed by atoms with Crippen molar-refractivity contribution in [3.63, 3.8) is 0 Å². The van der Waals surface area contributed by atoms with Crippen LogP contribution in [0.2, 0.25) is 0 Å². The number of hydrogen-bond donors (Lipinski definition) is 2. The molecule has 0 saturated heterocycles. The van der Waals surface area contributed by atoms with Gasteiger partial charge in [-0.25, -0.2) is 5.43 Å². The molecule has 5 heteroatoms. The molecule has 114 valence electrons. The molecule has 0 saturated carbocycles. The van der Waals surface area contributed by atoms with Gasteiger partial charge >= 0.3 is 0 Å². The maximum absolute atomic E-state index is 12.0. The first-order chi connectivity index (χ1) is 10.6. The number of benzene rings is 2. The Balaban J connectivity index is 2.11. The lowest BCUT2D eigenvalue weighted by Gasteiger charge is -2.06. The molecule has 5 nitrogen and oxygen atoms in total. The zero-order valence-corrected chi connectivity index (χ0v) is 12.5. The number of carbonyl (C=O) groups excluding carboxylic acids is 1. The minimum absolute atomic E-state index is 0.118. The van der Waals surface area contributed by atoms with Gasteiger partial charge in [-0.2, -0.15) is 5.10 Å². The van der Waals surface area contributed by atoms with E-state index in [0.29, 0.717) is 12.0 Å². The lowest BCUT2D eigenvalue weighted by atomic mass is 10.1. The average Bonchev–Trinajstić information content (AvgIpc) is 2.56. The largest absolute Gasteiger partial charge is 0.508 e.